The molecule has 114 valence electrons. The molecule has 0 aliphatic rings. The fourth-order valence-corrected chi connectivity index (χ4v) is 1.99. The SMILES string of the molecule is CCCN(CC)CCNc1nc(C)cc(OC(C)C)n1. The van der Waals surface area contributed by atoms with E-state index in [1.165, 1.54) is 6.42 Å². The van der Waals surface area contributed by atoms with E-state index in [4.69, 9.17) is 4.74 Å². The van der Waals surface area contributed by atoms with Gasteiger partial charge in [-0.05, 0) is 40.3 Å². The van der Waals surface area contributed by atoms with Crippen LogP contribution >= 0.6 is 0 Å². The second kappa shape index (κ2) is 8.74. The highest BCUT2D eigenvalue weighted by molar-refractivity contribution is 5.30. The lowest BCUT2D eigenvalue weighted by molar-refractivity contribution is 0.232. The van der Waals surface area contributed by atoms with Crippen molar-refractivity contribution >= 4 is 5.95 Å². The molecule has 0 unspecified atom stereocenters. The minimum atomic E-state index is 0.122. The molecule has 0 aliphatic carbocycles. The maximum absolute atomic E-state index is 5.62. The van der Waals surface area contributed by atoms with E-state index >= 15 is 0 Å². The number of nitrogens with zero attached hydrogens (tertiary/aromatic N) is 3. The van der Waals surface area contributed by atoms with Crippen LogP contribution in [0.4, 0.5) is 5.95 Å². The van der Waals surface area contributed by atoms with Crippen molar-refractivity contribution in [2.24, 2.45) is 0 Å². The van der Waals surface area contributed by atoms with Crippen LogP contribution in [0.2, 0.25) is 0 Å². The van der Waals surface area contributed by atoms with Crippen LogP contribution in [0, 0.1) is 6.92 Å². The molecule has 1 rings (SSSR count). The quantitative estimate of drug-likeness (QED) is 0.753. The first-order valence-electron chi connectivity index (χ1n) is 7.53. The molecule has 0 spiro atoms. The topological polar surface area (TPSA) is 50.3 Å². The standard InChI is InChI=1S/C15H28N4O/c1-6-9-19(7-2)10-8-16-15-17-13(5)11-14(18-15)20-12(3)4/h11-12H,6-10H2,1-5H3,(H,16,17,18). The Morgan fingerprint density at radius 2 is 2.00 bits per heavy atom. The van der Waals surface area contributed by atoms with Gasteiger partial charge in [0.15, 0.2) is 0 Å². The van der Waals surface area contributed by atoms with Gasteiger partial charge >= 0.3 is 0 Å². The summed E-state index contributed by atoms with van der Waals surface area (Å²) in [5.41, 5.74) is 0.916. The van der Waals surface area contributed by atoms with Crippen LogP contribution in [0.1, 0.15) is 39.8 Å². The summed E-state index contributed by atoms with van der Waals surface area (Å²) in [6.45, 7) is 14.4. The Balaban J connectivity index is 2.52. The van der Waals surface area contributed by atoms with Crippen molar-refractivity contribution in [3.63, 3.8) is 0 Å². The van der Waals surface area contributed by atoms with Gasteiger partial charge in [0.2, 0.25) is 11.8 Å². The van der Waals surface area contributed by atoms with E-state index in [0.717, 1.165) is 31.9 Å². The van der Waals surface area contributed by atoms with Crippen molar-refractivity contribution in [3.8, 4) is 5.88 Å². The Hall–Kier alpha value is -1.36. The van der Waals surface area contributed by atoms with Crippen molar-refractivity contribution in [2.75, 3.05) is 31.5 Å². The van der Waals surface area contributed by atoms with Gasteiger partial charge in [0, 0.05) is 24.8 Å². The monoisotopic (exact) mass is 280 g/mol. The first-order valence-corrected chi connectivity index (χ1v) is 7.53. The summed E-state index contributed by atoms with van der Waals surface area (Å²) in [7, 11) is 0. The first-order chi connectivity index (χ1) is 9.55. The minimum Gasteiger partial charge on any atom is -0.475 e. The van der Waals surface area contributed by atoms with Crippen LogP contribution < -0.4 is 10.1 Å². The maximum Gasteiger partial charge on any atom is 0.226 e. The van der Waals surface area contributed by atoms with Crippen LogP contribution in [0.5, 0.6) is 5.88 Å². The minimum absolute atomic E-state index is 0.122. The molecule has 20 heavy (non-hydrogen) atoms. The molecule has 0 saturated heterocycles. The number of anilines is 1. The number of aryl methyl sites for hydroxylation is 1. The summed E-state index contributed by atoms with van der Waals surface area (Å²) < 4.78 is 5.62. The molecule has 1 heterocycles. The third kappa shape index (κ3) is 6.19. The molecule has 5 nitrogen and oxygen atoms in total. The largest absolute Gasteiger partial charge is 0.475 e. The molecule has 0 bridgehead atoms. The predicted molar refractivity (Wildman–Crippen MR) is 83.4 cm³/mol. The summed E-state index contributed by atoms with van der Waals surface area (Å²) in [5, 5.41) is 3.28. The Kier molecular flexibility index (Phi) is 7.30. The second-order valence-electron chi connectivity index (χ2n) is 5.20. The molecule has 0 aromatic carbocycles. The molecule has 1 N–H and O–H groups in total. The molecule has 0 atom stereocenters. The molecule has 5 heteroatoms. The number of hydrogen-bond donors (Lipinski definition) is 1. The molecule has 0 saturated carbocycles. The zero-order valence-electron chi connectivity index (χ0n) is 13.4. The van der Waals surface area contributed by atoms with E-state index in [1.807, 2.05) is 26.8 Å². The predicted octanol–water partition coefficient (Wildman–Crippen LogP) is 2.72. The average Bonchev–Trinajstić information content (AvgIpc) is 2.36. The van der Waals surface area contributed by atoms with Crippen LogP contribution in [0.15, 0.2) is 6.07 Å². The van der Waals surface area contributed by atoms with Gasteiger partial charge in [-0.15, -0.1) is 0 Å². The Labute approximate surface area is 122 Å². The van der Waals surface area contributed by atoms with Crippen LogP contribution in [-0.2, 0) is 0 Å². The third-order valence-corrected chi connectivity index (χ3v) is 2.89. The van der Waals surface area contributed by atoms with Crippen molar-refractivity contribution < 1.29 is 4.74 Å². The van der Waals surface area contributed by atoms with Gasteiger partial charge in [-0.1, -0.05) is 13.8 Å². The molecule has 1 aromatic rings. The van der Waals surface area contributed by atoms with E-state index in [-0.39, 0.29) is 6.10 Å². The van der Waals surface area contributed by atoms with Crippen molar-refractivity contribution in [1.29, 1.82) is 0 Å². The highest BCUT2D eigenvalue weighted by atomic mass is 16.5. The van der Waals surface area contributed by atoms with Crippen molar-refractivity contribution in [3.05, 3.63) is 11.8 Å². The summed E-state index contributed by atoms with van der Waals surface area (Å²) in [6.07, 6.45) is 1.30. The molecule has 0 aliphatic heterocycles. The van der Waals surface area contributed by atoms with E-state index < -0.39 is 0 Å². The molecule has 0 radical (unpaired) electrons. The van der Waals surface area contributed by atoms with Gasteiger partial charge in [-0.3, -0.25) is 0 Å². The van der Waals surface area contributed by atoms with Crippen molar-refractivity contribution in [1.82, 2.24) is 14.9 Å². The molecule has 0 fully saturated rings. The lowest BCUT2D eigenvalue weighted by Gasteiger charge is -2.19. The highest BCUT2D eigenvalue weighted by Crippen LogP contribution is 2.13. The number of hydrogen-bond acceptors (Lipinski definition) is 5. The van der Waals surface area contributed by atoms with Gasteiger partial charge in [-0.25, -0.2) is 4.98 Å². The van der Waals surface area contributed by atoms with Crippen LogP contribution in [-0.4, -0.2) is 47.2 Å². The number of ether oxygens (including phenoxy) is 1. The van der Waals surface area contributed by atoms with Gasteiger partial charge in [0.05, 0.1) is 6.10 Å². The normalized spacial score (nSPS) is 11.2. The lowest BCUT2D eigenvalue weighted by atomic mass is 10.4. The Morgan fingerprint density at radius 3 is 2.60 bits per heavy atom. The average molecular weight is 280 g/mol. The summed E-state index contributed by atoms with van der Waals surface area (Å²) >= 11 is 0. The van der Waals surface area contributed by atoms with Gasteiger partial charge in [0.1, 0.15) is 0 Å². The van der Waals surface area contributed by atoms with E-state index in [0.29, 0.717) is 11.8 Å². The smallest absolute Gasteiger partial charge is 0.226 e. The summed E-state index contributed by atoms with van der Waals surface area (Å²) in [5.74, 6) is 1.28. The van der Waals surface area contributed by atoms with Crippen LogP contribution in [0.25, 0.3) is 0 Å². The summed E-state index contributed by atoms with van der Waals surface area (Å²) in [4.78, 5) is 11.2. The third-order valence-electron chi connectivity index (χ3n) is 2.89. The maximum atomic E-state index is 5.62. The zero-order valence-corrected chi connectivity index (χ0v) is 13.4. The van der Waals surface area contributed by atoms with Gasteiger partial charge < -0.3 is 15.0 Å². The van der Waals surface area contributed by atoms with Gasteiger partial charge in [-0.2, -0.15) is 4.98 Å². The number of aromatic nitrogens is 2. The fourth-order valence-electron chi connectivity index (χ4n) is 1.99. The Morgan fingerprint density at radius 1 is 1.25 bits per heavy atom. The number of rotatable bonds is 9. The zero-order chi connectivity index (χ0) is 15.0. The van der Waals surface area contributed by atoms with E-state index in [9.17, 15) is 0 Å². The van der Waals surface area contributed by atoms with E-state index in [2.05, 4.69) is 34.0 Å². The second-order valence-corrected chi connectivity index (χ2v) is 5.20. The van der Waals surface area contributed by atoms with Gasteiger partial charge in [0.25, 0.3) is 0 Å². The molecular formula is C15H28N4O. The van der Waals surface area contributed by atoms with Crippen molar-refractivity contribution in [2.45, 2.75) is 47.1 Å². The molecule has 0 amide bonds. The summed E-state index contributed by atoms with van der Waals surface area (Å²) in [6, 6.07) is 1.86. The number of nitrogens with one attached hydrogen (secondary N) is 1. The van der Waals surface area contributed by atoms with E-state index in [1.54, 1.807) is 0 Å². The van der Waals surface area contributed by atoms with Crippen LogP contribution in [0.3, 0.4) is 0 Å². The fraction of sp³-hybridized carbons (Fsp3) is 0.733. The highest BCUT2D eigenvalue weighted by Gasteiger charge is 2.05. The Bertz CT molecular complexity index is 395. The first kappa shape index (κ1) is 16.7. The lowest BCUT2D eigenvalue weighted by Crippen LogP contribution is -2.30. The molecular weight excluding hydrogens is 252 g/mol. The number of likely N-dealkylation sites (N-methyl/N-ethyl adjacent to an activating group) is 1. The molecule has 1 aromatic heterocycles.